The lowest BCUT2D eigenvalue weighted by atomic mass is 10.2. The first-order valence-electron chi connectivity index (χ1n) is 8.06. The summed E-state index contributed by atoms with van der Waals surface area (Å²) in [5.74, 6) is -0.304. The van der Waals surface area contributed by atoms with E-state index in [9.17, 15) is 18.0 Å². The highest BCUT2D eigenvalue weighted by molar-refractivity contribution is 7.99. The Hall–Kier alpha value is -2.36. The first-order chi connectivity index (χ1) is 12.8. The van der Waals surface area contributed by atoms with E-state index in [-0.39, 0.29) is 24.5 Å². The quantitative estimate of drug-likeness (QED) is 0.482. The molecule has 0 bridgehead atoms. The molecule has 144 valence electrons. The summed E-state index contributed by atoms with van der Waals surface area (Å²) in [4.78, 5) is 24.5. The van der Waals surface area contributed by atoms with Gasteiger partial charge in [0, 0.05) is 17.2 Å². The van der Waals surface area contributed by atoms with E-state index in [0.29, 0.717) is 11.3 Å². The fourth-order valence-electron chi connectivity index (χ4n) is 2.04. The number of benzene rings is 2. The largest absolute Gasteiger partial charge is 0.456 e. The van der Waals surface area contributed by atoms with Gasteiger partial charge in [0.2, 0.25) is 10.0 Å². The van der Waals surface area contributed by atoms with Crippen molar-refractivity contribution in [2.24, 2.45) is 5.14 Å². The third-order valence-electron chi connectivity index (χ3n) is 3.42. The molecule has 0 saturated carbocycles. The molecule has 0 spiro atoms. The molecular formula is C18H20N2O5S2. The van der Waals surface area contributed by atoms with Crippen LogP contribution in [0.2, 0.25) is 0 Å². The molecule has 0 unspecified atom stereocenters. The van der Waals surface area contributed by atoms with Gasteiger partial charge in [-0.1, -0.05) is 30.3 Å². The van der Waals surface area contributed by atoms with Gasteiger partial charge in [0.1, 0.15) is 0 Å². The number of carbonyl (C=O) groups is 2. The number of primary sulfonamides is 1. The lowest BCUT2D eigenvalue weighted by Gasteiger charge is -2.07. The number of thioether (sulfide) groups is 1. The Morgan fingerprint density at radius 3 is 2.33 bits per heavy atom. The van der Waals surface area contributed by atoms with Gasteiger partial charge < -0.3 is 10.1 Å². The van der Waals surface area contributed by atoms with Gasteiger partial charge in [0.25, 0.3) is 5.91 Å². The number of rotatable bonds is 9. The van der Waals surface area contributed by atoms with E-state index in [1.54, 1.807) is 23.9 Å². The number of hydrogen-bond acceptors (Lipinski definition) is 6. The molecule has 0 aliphatic carbocycles. The van der Waals surface area contributed by atoms with Gasteiger partial charge in [-0.3, -0.25) is 9.59 Å². The predicted molar refractivity (Wildman–Crippen MR) is 102 cm³/mol. The number of carbonyl (C=O) groups excluding carboxylic acids is 2. The predicted octanol–water partition coefficient (Wildman–Crippen LogP) is 1.68. The molecule has 0 aliphatic heterocycles. The number of hydrogen-bond donors (Lipinski definition) is 2. The van der Waals surface area contributed by atoms with Crippen molar-refractivity contribution in [1.82, 2.24) is 5.32 Å². The van der Waals surface area contributed by atoms with Crippen LogP contribution in [0.5, 0.6) is 0 Å². The highest BCUT2D eigenvalue weighted by Gasteiger charge is 2.09. The maximum absolute atomic E-state index is 11.7. The molecule has 0 radical (unpaired) electrons. The van der Waals surface area contributed by atoms with Crippen LogP contribution in [0.4, 0.5) is 0 Å². The Morgan fingerprint density at radius 1 is 1.04 bits per heavy atom. The summed E-state index contributed by atoms with van der Waals surface area (Å²) in [7, 11) is -3.74. The number of esters is 1. The summed E-state index contributed by atoms with van der Waals surface area (Å²) in [5.41, 5.74) is 0.696. The summed E-state index contributed by atoms with van der Waals surface area (Å²) in [6, 6.07) is 15.5. The Balaban J connectivity index is 1.64. The van der Waals surface area contributed by atoms with Gasteiger partial charge in [-0.2, -0.15) is 0 Å². The lowest BCUT2D eigenvalue weighted by Crippen LogP contribution is -2.28. The molecule has 0 aromatic heterocycles. The maximum atomic E-state index is 11.7. The molecule has 2 aromatic carbocycles. The zero-order valence-corrected chi connectivity index (χ0v) is 16.1. The maximum Gasteiger partial charge on any atom is 0.307 e. The van der Waals surface area contributed by atoms with E-state index in [0.717, 1.165) is 4.90 Å². The molecule has 2 aromatic rings. The van der Waals surface area contributed by atoms with Gasteiger partial charge in [-0.25, -0.2) is 13.6 Å². The molecule has 3 N–H and O–H groups in total. The fraction of sp³-hybridized carbons (Fsp3) is 0.222. The second-order valence-corrected chi connectivity index (χ2v) is 8.27. The summed E-state index contributed by atoms with van der Waals surface area (Å²) >= 11 is 1.54. The molecule has 7 nitrogen and oxygen atoms in total. The smallest absolute Gasteiger partial charge is 0.307 e. The summed E-state index contributed by atoms with van der Waals surface area (Å²) in [6.45, 7) is -0.171. The van der Waals surface area contributed by atoms with E-state index in [1.807, 2.05) is 30.3 Å². The van der Waals surface area contributed by atoms with Crippen molar-refractivity contribution >= 4 is 33.7 Å². The van der Waals surface area contributed by atoms with Crippen molar-refractivity contribution in [3.8, 4) is 0 Å². The first-order valence-corrected chi connectivity index (χ1v) is 10.6. The van der Waals surface area contributed by atoms with E-state index in [4.69, 9.17) is 9.88 Å². The third-order valence-corrected chi connectivity index (χ3v) is 5.37. The van der Waals surface area contributed by atoms with Crippen LogP contribution < -0.4 is 10.5 Å². The minimum absolute atomic E-state index is 0.000112. The van der Waals surface area contributed by atoms with Crippen LogP contribution in [-0.4, -0.2) is 32.7 Å². The number of ether oxygens (including phenoxy) is 1. The third kappa shape index (κ3) is 7.81. The molecular weight excluding hydrogens is 388 g/mol. The highest BCUT2D eigenvalue weighted by atomic mass is 32.2. The van der Waals surface area contributed by atoms with Gasteiger partial charge >= 0.3 is 5.97 Å². The number of nitrogens with two attached hydrogens (primary N) is 1. The van der Waals surface area contributed by atoms with E-state index in [2.05, 4.69) is 5.32 Å². The molecule has 2 rings (SSSR count). The molecule has 1 amide bonds. The Kier molecular flexibility index (Phi) is 7.83. The SMILES string of the molecule is NS(=O)(=O)c1ccc(CNC(=O)COC(=O)CCSc2ccccc2)cc1. The number of sulfonamides is 1. The van der Waals surface area contributed by atoms with E-state index >= 15 is 0 Å². The highest BCUT2D eigenvalue weighted by Crippen LogP contribution is 2.17. The van der Waals surface area contributed by atoms with Crippen molar-refractivity contribution in [2.75, 3.05) is 12.4 Å². The van der Waals surface area contributed by atoms with Crippen molar-refractivity contribution in [2.45, 2.75) is 22.8 Å². The molecule has 0 heterocycles. The molecule has 27 heavy (non-hydrogen) atoms. The number of amides is 1. The molecule has 0 fully saturated rings. The van der Waals surface area contributed by atoms with Crippen LogP contribution in [0, 0.1) is 0 Å². The van der Waals surface area contributed by atoms with Gasteiger partial charge in [-0.15, -0.1) is 11.8 Å². The minimum Gasteiger partial charge on any atom is -0.456 e. The molecule has 9 heteroatoms. The average molecular weight is 409 g/mol. The zero-order chi connectivity index (χ0) is 19.7. The monoisotopic (exact) mass is 408 g/mol. The van der Waals surface area contributed by atoms with Crippen molar-refractivity contribution in [3.63, 3.8) is 0 Å². The van der Waals surface area contributed by atoms with Gasteiger partial charge in [0.05, 0.1) is 11.3 Å². The molecule has 0 saturated heterocycles. The second kappa shape index (κ2) is 10.1. The second-order valence-electron chi connectivity index (χ2n) is 5.54. The lowest BCUT2D eigenvalue weighted by molar-refractivity contribution is -0.148. The summed E-state index contributed by atoms with van der Waals surface area (Å²) in [5, 5.41) is 7.61. The van der Waals surface area contributed by atoms with Crippen molar-refractivity contribution < 1.29 is 22.7 Å². The van der Waals surface area contributed by atoms with Crippen molar-refractivity contribution in [3.05, 3.63) is 60.2 Å². The zero-order valence-electron chi connectivity index (χ0n) is 14.5. The van der Waals surface area contributed by atoms with Crippen LogP contribution in [0.3, 0.4) is 0 Å². The Labute approximate surface area is 162 Å². The average Bonchev–Trinajstić information content (AvgIpc) is 2.65. The van der Waals surface area contributed by atoms with Crippen LogP contribution in [0.1, 0.15) is 12.0 Å². The molecule has 0 atom stereocenters. The Morgan fingerprint density at radius 2 is 1.70 bits per heavy atom. The molecule has 0 aliphatic rings. The number of nitrogens with one attached hydrogen (secondary N) is 1. The van der Waals surface area contributed by atoms with Gasteiger partial charge in [-0.05, 0) is 29.8 Å². The topological polar surface area (TPSA) is 116 Å². The standard InChI is InChI=1S/C18H20N2O5S2/c19-27(23,24)16-8-6-14(7-9-16)12-20-17(21)13-25-18(22)10-11-26-15-4-2-1-3-5-15/h1-9H,10-13H2,(H,20,21)(H2,19,23,24). The van der Waals surface area contributed by atoms with Crippen LogP contribution in [0.15, 0.2) is 64.4 Å². The first kappa shape index (κ1) is 20.9. The van der Waals surface area contributed by atoms with Crippen LogP contribution >= 0.6 is 11.8 Å². The Bertz CT molecular complexity index is 868. The van der Waals surface area contributed by atoms with E-state index < -0.39 is 21.9 Å². The van der Waals surface area contributed by atoms with E-state index in [1.165, 1.54) is 12.1 Å². The normalized spacial score (nSPS) is 11.0. The van der Waals surface area contributed by atoms with Gasteiger partial charge in [0.15, 0.2) is 6.61 Å². The van der Waals surface area contributed by atoms with Crippen LogP contribution in [0.25, 0.3) is 0 Å². The summed E-state index contributed by atoms with van der Waals surface area (Å²) < 4.78 is 27.3. The fourth-order valence-corrected chi connectivity index (χ4v) is 3.41. The van der Waals surface area contributed by atoms with Crippen molar-refractivity contribution in [1.29, 1.82) is 0 Å². The van der Waals surface area contributed by atoms with Crippen LogP contribution in [-0.2, 0) is 30.9 Å². The minimum atomic E-state index is -3.74. The summed E-state index contributed by atoms with van der Waals surface area (Å²) in [6.07, 6.45) is 0.210.